The molecule has 1 saturated carbocycles. The fraction of sp³-hybridized carbons (Fsp3) is 0.467. The smallest absolute Gasteiger partial charge is 0.140 e. The SMILES string of the molecule is C[Si](C)(C)C/C=C/CCCC(=O)[C]1[CH][CH][CH][CH]1. The summed E-state index contributed by atoms with van der Waals surface area (Å²) < 4.78 is 0. The molecule has 93 valence electrons. The number of unbranched alkanes of at least 4 members (excludes halogenated alkanes) is 1. The van der Waals surface area contributed by atoms with Gasteiger partial charge in [-0.3, -0.25) is 4.79 Å². The monoisotopic (exact) mass is 247 g/mol. The van der Waals surface area contributed by atoms with Gasteiger partial charge in [0.05, 0.1) is 0 Å². The Bertz CT molecular complexity index is 257. The van der Waals surface area contributed by atoms with E-state index in [4.69, 9.17) is 0 Å². The molecule has 1 aliphatic rings. The zero-order valence-corrected chi connectivity index (χ0v) is 12.2. The van der Waals surface area contributed by atoms with Crippen molar-refractivity contribution < 1.29 is 4.79 Å². The van der Waals surface area contributed by atoms with Crippen molar-refractivity contribution >= 4 is 13.9 Å². The number of allylic oxidation sites excluding steroid dienone is 2. The van der Waals surface area contributed by atoms with Crippen LogP contribution in [0.5, 0.6) is 0 Å². The minimum atomic E-state index is -0.937. The van der Waals surface area contributed by atoms with Gasteiger partial charge in [-0.15, -0.1) is 0 Å². The number of rotatable bonds is 7. The van der Waals surface area contributed by atoms with Crippen LogP contribution in [0.1, 0.15) is 19.3 Å². The first kappa shape index (κ1) is 14.7. The van der Waals surface area contributed by atoms with Crippen molar-refractivity contribution in [2.45, 2.75) is 44.9 Å². The Morgan fingerprint density at radius 3 is 2.41 bits per heavy atom. The van der Waals surface area contributed by atoms with Crippen LogP contribution in [-0.4, -0.2) is 13.9 Å². The third kappa shape index (κ3) is 6.82. The molecular weight excluding hydrogens is 224 g/mol. The first-order chi connectivity index (χ1) is 7.99. The molecule has 0 unspecified atom stereocenters. The number of ketones is 1. The van der Waals surface area contributed by atoms with Gasteiger partial charge in [-0.25, -0.2) is 0 Å². The van der Waals surface area contributed by atoms with Crippen molar-refractivity contribution in [1.82, 2.24) is 0 Å². The molecule has 5 radical (unpaired) electrons. The Balaban J connectivity index is 2.05. The minimum absolute atomic E-state index is 0.272. The molecule has 17 heavy (non-hydrogen) atoms. The number of carbonyl (C=O) groups excluding carboxylic acids is 1. The summed E-state index contributed by atoms with van der Waals surface area (Å²) in [7, 11) is -0.937. The molecule has 0 N–H and O–H groups in total. The maximum Gasteiger partial charge on any atom is 0.140 e. The molecule has 0 aliphatic heterocycles. The Kier molecular flexibility index (Phi) is 6.18. The molecule has 0 amide bonds. The van der Waals surface area contributed by atoms with Gasteiger partial charge in [-0.1, -0.05) is 31.8 Å². The van der Waals surface area contributed by atoms with Crippen molar-refractivity contribution in [3.8, 4) is 0 Å². The molecule has 0 bridgehead atoms. The summed E-state index contributed by atoms with van der Waals surface area (Å²) in [4.78, 5) is 11.7. The van der Waals surface area contributed by atoms with E-state index in [1.807, 2.05) is 25.7 Å². The molecule has 1 aliphatic carbocycles. The fourth-order valence-corrected chi connectivity index (χ4v) is 2.51. The summed E-state index contributed by atoms with van der Waals surface area (Å²) in [5, 5.41) is 0. The highest BCUT2D eigenvalue weighted by Crippen LogP contribution is 2.25. The Hall–Kier alpha value is -0.373. The van der Waals surface area contributed by atoms with Crippen LogP contribution in [0.2, 0.25) is 25.7 Å². The van der Waals surface area contributed by atoms with E-state index in [1.165, 1.54) is 6.04 Å². The molecule has 2 heteroatoms. The maximum absolute atomic E-state index is 11.7. The molecule has 0 aromatic carbocycles. The Morgan fingerprint density at radius 1 is 1.18 bits per heavy atom. The Labute approximate surface area is 108 Å². The topological polar surface area (TPSA) is 17.1 Å². The Morgan fingerprint density at radius 2 is 1.82 bits per heavy atom. The van der Waals surface area contributed by atoms with Crippen LogP contribution >= 0.6 is 0 Å². The van der Waals surface area contributed by atoms with Gasteiger partial charge in [0, 0.05) is 20.4 Å². The third-order valence-corrected chi connectivity index (χ3v) is 4.12. The fourth-order valence-electron chi connectivity index (χ4n) is 1.64. The molecule has 0 aromatic heterocycles. The van der Waals surface area contributed by atoms with Crippen LogP contribution in [0.15, 0.2) is 12.2 Å². The first-order valence-corrected chi connectivity index (χ1v) is 10.1. The number of carbonyl (C=O) groups is 1. The van der Waals surface area contributed by atoms with Crippen LogP contribution in [0, 0.1) is 31.6 Å². The van der Waals surface area contributed by atoms with Crippen molar-refractivity contribution in [2.75, 3.05) is 0 Å². The molecule has 1 fully saturated rings. The van der Waals surface area contributed by atoms with Gasteiger partial charge < -0.3 is 0 Å². The van der Waals surface area contributed by atoms with Gasteiger partial charge in [0.25, 0.3) is 0 Å². The average molecular weight is 247 g/mol. The van der Waals surface area contributed by atoms with E-state index < -0.39 is 8.07 Å². The molecule has 1 rings (SSSR count). The zero-order chi connectivity index (χ0) is 12.7. The van der Waals surface area contributed by atoms with Crippen molar-refractivity contribution in [2.24, 2.45) is 0 Å². The molecule has 1 nitrogen and oxygen atoms in total. The second-order valence-corrected chi connectivity index (χ2v) is 11.3. The van der Waals surface area contributed by atoms with E-state index in [1.54, 1.807) is 0 Å². The summed E-state index contributed by atoms with van der Waals surface area (Å²) in [6.07, 6.45) is 14.8. The second-order valence-electron chi connectivity index (χ2n) is 5.73. The normalized spacial score (nSPS) is 18.1. The van der Waals surface area contributed by atoms with E-state index in [2.05, 4.69) is 31.8 Å². The highest BCUT2D eigenvalue weighted by molar-refractivity contribution is 6.76. The molecule has 0 heterocycles. The third-order valence-electron chi connectivity index (χ3n) is 2.66. The molecular formula is C15H23OSi. The van der Waals surface area contributed by atoms with Crippen molar-refractivity contribution in [3.63, 3.8) is 0 Å². The van der Waals surface area contributed by atoms with Gasteiger partial charge in [-0.2, -0.15) is 0 Å². The van der Waals surface area contributed by atoms with Crippen LogP contribution in [0.4, 0.5) is 0 Å². The lowest BCUT2D eigenvalue weighted by molar-refractivity contribution is -0.116. The summed E-state index contributed by atoms with van der Waals surface area (Å²) in [6, 6.07) is 1.24. The zero-order valence-electron chi connectivity index (χ0n) is 11.2. The summed E-state index contributed by atoms with van der Waals surface area (Å²) in [6.45, 7) is 7.11. The second kappa shape index (κ2) is 7.15. The van der Waals surface area contributed by atoms with Gasteiger partial charge in [0.1, 0.15) is 5.78 Å². The van der Waals surface area contributed by atoms with E-state index in [0.717, 1.165) is 18.8 Å². The van der Waals surface area contributed by atoms with E-state index in [9.17, 15) is 4.79 Å². The minimum Gasteiger partial charge on any atom is -0.299 e. The van der Waals surface area contributed by atoms with Gasteiger partial charge in [0.15, 0.2) is 0 Å². The van der Waals surface area contributed by atoms with Gasteiger partial charge in [-0.05, 0) is 44.6 Å². The van der Waals surface area contributed by atoms with Gasteiger partial charge in [0.2, 0.25) is 0 Å². The standard InChI is InChI=1S/C15H23OSi/c1-17(2,3)13-9-5-4-6-12-15(16)14-10-7-8-11-14/h5,7-11H,4,6,12-13H2,1-3H3/b9-5+. The molecule has 0 saturated heterocycles. The van der Waals surface area contributed by atoms with Crippen LogP contribution in [-0.2, 0) is 4.79 Å². The lowest BCUT2D eigenvalue weighted by Crippen LogP contribution is -2.17. The van der Waals surface area contributed by atoms with E-state index >= 15 is 0 Å². The predicted octanol–water partition coefficient (Wildman–Crippen LogP) is 4.03. The number of Topliss-reactive ketones (excluding diaryl/α,β-unsaturated/α-hetero) is 1. The highest BCUT2D eigenvalue weighted by atomic mass is 28.3. The van der Waals surface area contributed by atoms with Crippen LogP contribution in [0.3, 0.4) is 0 Å². The lowest BCUT2D eigenvalue weighted by atomic mass is 9.98. The molecule has 0 spiro atoms. The summed E-state index contributed by atoms with van der Waals surface area (Å²) >= 11 is 0. The predicted molar refractivity (Wildman–Crippen MR) is 76.6 cm³/mol. The van der Waals surface area contributed by atoms with Crippen molar-refractivity contribution in [1.29, 1.82) is 0 Å². The van der Waals surface area contributed by atoms with E-state index in [-0.39, 0.29) is 5.78 Å². The lowest BCUT2D eigenvalue weighted by Gasteiger charge is -2.11. The van der Waals surface area contributed by atoms with Gasteiger partial charge >= 0.3 is 0 Å². The highest BCUT2D eigenvalue weighted by Gasteiger charge is 2.23. The van der Waals surface area contributed by atoms with Crippen LogP contribution in [0.25, 0.3) is 0 Å². The maximum atomic E-state index is 11.7. The molecule has 0 aromatic rings. The van der Waals surface area contributed by atoms with E-state index in [0.29, 0.717) is 6.42 Å². The summed E-state index contributed by atoms with van der Waals surface area (Å²) in [5.41, 5.74) is 0. The summed E-state index contributed by atoms with van der Waals surface area (Å²) in [5.74, 6) is 1.13. The van der Waals surface area contributed by atoms with Crippen LogP contribution < -0.4 is 0 Å². The molecule has 0 atom stereocenters. The largest absolute Gasteiger partial charge is 0.299 e. The average Bonchev–Trinajstić information content (AvgIpc) is 2.74. The number of hydrogen-bond donors (Lipinski definition) is 0. The number of hydrogen-bond acceptors (Lipinski definition) is 1. The quantitative estimate of drug-likeness (QED) is 0.377. The first-order valence-electron chi connectivity index (χ1n) is 6.39. The van der Waals surface area contributed by atoms with Crippen molar-refractivity contribution in [3.05, 3.63) is 43.8 Å².